The second-order valence-corrected chi connectivity index (χ2v) is 6.21. The van der Waals surface area contributed by atoms with Crippen LogP contribution in [0.2, 0.25) is 0 Å². The molecule has 1 unspecified atom stereocenters. The molecule has 0 N–H and O–H groups in total. The molecule has 1 aromatic rings. The number of carbonyl (C=O) groups excluding carboxylic acids is 2. The lowest BCUT2D eigenvalue weighted by Gasteiger charge is -2.24. The van der Waals surface area contributed by atoms with E-state index in [1.165, 1.54) is 7.11 Å². The van der Waals surface area contributed by atoms with Crippen LogP contribution in [-0.4, -0.2) is 24.8 Å². The average Bonchev–Trinajstić information content (AvgIpc) is 2.66. The quantitative estimate of drug-likeness (QED) is 0.745. The van der Waals surface area contributed by atoms with Crippen molar-refractivity contribution in [2.75, 3.05) is 7.11 Å². The van der Waals surface area contributed by atoms with Crippen LogP contribution in [0.15, 0.2) is 17.7 Å². The van der Waals surface area contributed by atoms with Gasteiger partial charge in [-0.3, -0.25) is 9.59 Å². The summed E-state index contributed by atoms with van der Waals surface area (Å²) in [6, 6.07) is 3.47. The van der Waals surface area contributed by atoms with Crippen molar-refractivity contribution in [2.24, 2.45) is 5.41 Å². The Morgan fingerprint density at radius 1 is 1.19 bits per heavy atom. The zero-order valence-electron chi connectivity index (χ0n) is 12.9. The van der Waals surface area contributed by atoms with Crippen molar-refractivity contribution in [3.05, 3.63) is 34.4 Å². The molecule has 3 rings (SSSR count). The minimum Gasteiger partial charge on any atom is -0.497 e. The number of rotatable bonds is 1. The lowest BCUT2D eigenvalue weighted by Crippen LogP contribution is -2.32. The average molecular weight is 286 g/mol. The lowest BCUT2D eigenvalue weighted by molar-refractivity contribution is -0.112. The number of aryl methyl sites for hydroxylation is 1. The summed E-state index contributed by atoms with van der Waals surface area (Å²) in [4.78, 5) is 25.0. The summed E-state index contributed by atoms with van der Waals surface area (Å²) in [5, 5.41) is 0. The van der Waals surface area contributed by atoms with Crippen LogP contribution >= 0.6 is 0 Å². The van der Waals surface area contributed by atoms with Gasteiger partial charge in [-0.05, 0) is 31.5 Å². The predicted octanol–water partition coefficient (Wildman–Crippen LogP) is 2.93. The van der Waals surface area contributed by atoms with E-state index in [1.807, 2.05) is 33.8 Å². The van der Waals surface area contributed by atoms with Crippen molar-refractivity contribution in [1.29, 1.82) is 0 Å². The minimum atomic E-state index is -0.475. The number of ether oxygens (including phenoxy) is 2. The first-order chi connectivity index (χ1) is 9.78. The summed E-state index contributed by atoms with van der Waals surface area (Å²) < 4.78 is 11.1. The van der Waals surface area contributed by atoms with E-state index in [1.54, 1.807) is 6.07 Å². The third kappa shape index (κ3) is 1.68. The Morgan fingerprint density at radius 3 is 2.48 bits per heavy atom. The summed E-state index contributed by atoms with van der Waals surface area (Å²) in [5.74, 6) is 0.199. The number of methoxy groups -OCH3 is 1. The molecule has 1 atom stereocenters. The minimum absolute atomic E-state index is 0.147. The molecule has 0 saturated carbocycles. The summed E-state index contributed by atoms with van der Waals surface area (Å²) in [6.45, 7) is 7.70. The molecule has 4 nitrogen and oxygen atoms in total. The molecular formula is C17H18O4. The molecule has 110 valence electrons. The van der Waals surface area contributed by atoms with Gasteiger partial charge in [-0.15, -0.1) is 0 Å². The number of benzene rings is 1. The van der Waals surface area contributed by atoms with Crippen LogP contribution in [-0.2, 0) is 9.53 Å². The van der Waals surface area contributed by atoms with Crippen molar-refractivity contribution < 1.29 is 19.1 Å². The highest BCUT2D eigenvalue weighted by atomic mass is 16.5. The first kappa shape index (κ1) is 13.9. The molecule has 1 aliphatic heterocycles. The lowest BCUT2D eigenvalue weighted by atomic mass is 9.74. The Balaban J connectivity index is 2.34. The molecule has 1 aromatic carbocycles. The Morgan fingerprint density at radius 2 is 1.86 bits per heavy atom. The van der Waals surface area contributed by atoms with Gasteiger partial charge in [-0.2, -0.15) is 0 Å². The Kier molecular flexibility index (Phi) is 2.77. The molecule has 0 amide bonds. The first-order valence-corrected chi connectivity index (χ1v) is 6.98. The second kappa shape index (κ2) is 4.20. The zero-order chi connectivity index (χ0) is 15.5. The van der Waals surface area contributed by atoms with Crippen LogP contribution in [0.1, 0.15) is 42.3 Å². The molecule has 0 radical (unpaired) electrons. The van der Waals surface area contributed by atoms with E-state index in [0.29, 0.717) is 22.6 Å². The molecule has 1 aliphatic carbocycles. The van der Waals surface area contributed by atoms with Gasteiger partial charge >= 0.3 is 0 Å². The summed E-state index contributed by atoms with van der Waals surface area (Å²) in [6.07, 6.45) is -0.147. The first-order valence-electron chi connectivity index (χ1n) is 6.98. The third-order valence-electron chi connectivity index (χ3n) is 4.63. The molecule has 0 bridgehead atoms. The topological polar surface area (TPSA) is 52.6 Å². The summed E-state index contributed by atoms with van der Waals surface area (Å²) in [5.41, 5.74) is 2.02. The third-order valence-corrected chi connectivity index (χ3v) is 4.63. The number of ketones is 2. The fourth-order valence-corrected chi connectivity index (χ4v) is 3.05. The van der Waals surface area contributed by atoms with E-state index >= 15 is 0 Å². The maximum absolute atomic E-state index is 12.5. The number of hydrogen-bond acceptors (Lipinski definition) is 4. The SMILES string of the molecule is COc1cc(C)c2c(c1)C(=O)C(=O)C1=C2OC(C)C1(C)C. The van der Waals surface area contributed by atoms with Gasteiger partial charge in [-0.25, -0.2) is 0 Å². The van der Waals surface area contributed by atoms with E-state index in [0.717, 1.165) is 11.1 Å². The normalized spacial score (nSPS) is 22.8. The monoisotopic (exact) mass is 286 g/mol. The Labute approximate surface area is 123 Å². The molecule has 21 heavy (non-hydrogen) atoms. The van der Waals surface area contributed by atoms with Crippen LogP contribution in [0, 0.1) is 12.3 Å². The van der Waals surface area contributed by atoms with Gasteiger partial charge in [0, 0.05) is 16.5 Å². The number of carbonyl (C=O) groups is 2. The fraction of sp³-hybridized carbons (Fsp3) is 0.412. The zero-order valence-corrected chi connectivity index (χ0v) is 12.9. The van der Waals surface area contributed by atoms with E-state index in [4.69, 9.17) is 9.47 Å². The van der Waals surface area contributed by atoms with Crippen molar-refractivity contribution in [2.45, 2.75) is 33.8 Å². The maximum Gasteiger partial charge on any atom is 0.234 e. The number of fused-ring (bicyclic) bond motifs is 2. The van der Waals surface area contributed by atoms with Gasteiger partial charge in [0.05, 0.1) is 12.7 Å². The molecule has 1 heterocycles. The van der Waals surface area contributed by atoms with Crippen LogP contribution in [0.5, 0.6) is 5.75 Å². The van der Waals surface area contributed by atoms with Crippen molar-refractivity contribution in [3.63, 3.8) is 0 Å². The van der Waals surface area contributed by atoms with Crippen molar-refractivity contribution >= 4 is 17.3 Å². The van der Waals surface area contributed by atoms with E-state index in [-0.39, 0.29) is 6.10 Å². The number of Topliss-reactive ketones (excluding diaryl/α,β-unsaturated/α-hetero) is 2. The molecule has 0 aromatic heterocycles. The molecular weight excluding hydrogens is 268 g/mol. The summed E-state index contributed by atoms with van der Waals surface area (Å²) >= 11 is 0. The van der Waals surface area contributed by atoms with Gasteiger partial charge in [-0.1, -0.05) is 13.8 Å². The van der Waals surface area contributed by atoms with Gasteiger partial charge in [0.15, 0.2) is 0 Å². The Hall–Kier alpha value is -2.10. The largest absolute Gasteiger partial charge is 0.497 e. The smallest absolute Gasteiger partial charge is 0.234 e. The molecule has 4 heteroatoms. The molecule has 0 fully saturated rings. The predicted molar refractivity (Wildman–Crippen MR) is 78.3 cm³/mol. The molecule has 0 spiro atoms. The number of hydrogen-bond donors (Lipinski definition) is 0. The maximum atomic E-state index is 12.5. The Bertz CT molecular complexity index is 710. The van der Waals surface area contributed by atoms with E-state index < -0.39 is 17.0 Å². The standard InChI is InChI=1S/C17H18O4/c1-8-6-10(20-5)7-11-12(8)16-13(15(19)14(11)18)17(3,4)9(2)21-16/h6-7,9H,1-5H3. The van der Waals surface area contributed by atoms with Crippen LogP contribution in [0.3, 0.4) is 0 Å². The highest BCUT2D eigenvalue weighted by Crippen LogP contribution is 2.50. The van der Waals surface area contributed by atoms with Gasteiger partial charge in [0.2, 0.25) is 11.6 Å². The van der Waals surface area contributed by atoms with Crippen LogP contribution in [0.25, 0.3) is 5.76 Å². The van der Waals surface area contributed by atoms with Crippen molar-refractivity contribution in [3.8, 4) is 5.75 Å². The highest BCUT2D eigenvalue weighted by molar-refractivity contribution is 6.52. The van der Waals surface area contributed by atoms with E-state index in [9.17, 15) is 9.59 Å². The highest BCUT2D eigenvalue weighted by Gasteiger charge is 2.50. The van der Waals surface area contributed by atoms with E-state index in [2.05, 4.69) is 0 Å². The van der Waals surface area contributed by atoms with Gasteiger partial charge < -0.3 is 9.47 Å². The van der Waals surface area contributed by atoms with Crippen LogP contribution in [0.4, 0.5) is 0 Å². The fourth-order valence-electron chi connectivity index (χ4n) is 3.05. The second-order valence-electron chi connectivity index (χ2n) is 6.21. The molecule has 2 aliphatic rings. The van der Waals surface area contributed by atoms with Crippen molar-refractivity contribution in [1.82, 2.24) is 0 Å². The van der Waals surface area contributed by atoms with Crippen LogP contribution < -0.4 is 4.74 Å². The van der Waals surface area contributed by atoms with Gasteiger partial charge in [0.25, 0.3) is 0 Å². The van der Waals surface area contributed by atoms with Gasteiger partial charge in [0.1, 0.15) is 17.6 Å². The summed E-state index contributed by atoms with van der Waals surface area (Å²) in [7, 11) is 1.54. The molecule has 0 saturated heterocycles.